The van der Waals surface area contributed by atoms with Gasteiger partial charge < -0.3 is 14.9 Å². The number of aliphatic carboxylic acids is 1. The zero-order valence-electron chi connectivity index (χ0n) is 16.6. The first kappa shape index (κ1) is 20.8. The standard InChI is InChI=1S/C24H32O4/c1-17(18-9-5-4-6-10-18)21(25)14-13-20-19(22-15-16-23(20)28-22)11-7-2-3-8-12-24(26)27/h2,4-7,9-10,13-14,17,19-23,25H,3,8,11-12,15-16H2,1H3,(H,26,27)/t17?,19-,20-,21?,22+,23-/m1/s1. The van der Waals surface area contributed by atoms with E-state index in [0.29, 0.717) is 24.4 Å². The molecule has 0 radical (unpaired) electrons. The van der Waals surface area contributed by atoms with Gasteiger partial charge in [-0.2, -0.15) is 0 Å². The first-order chi connectivity index (χ1) is 13.6. The number of aliphatic hydroxyl groups is 1. The Labute approximate surface area is 167 Å². The van der Waals surface area contributed by atoms with E-state index >= 15 is 0 Å². The molecular formula is C24H32O4. The third kappa shape index (κ3) is 5.33. The highest BCUT2D eigenvalue weighted by molar-refractivity contribution is 5.66. The van der Waals surface area contributed by atoms with Gasteiger partial charge in [0.1, 0.15) is 0 Å². The predicted octanol–water partition coefficient (Wildman–Crippen LogP) is 4.70. The second-order valence-corrected chi connectivity index (χ2v) is 8.10. The minimum atomic E-state index is -0.733. The van der Waals surface area contributed by atoms with E-state index in [4.69, 9.17) is 9.84 Å². The number of carboxylic acid groups (broad SMARTS) is 1. The maximum Gasteiger partial charge on any atom is 0.303 e. The molecule has 3 rings (SSSR count). The lowest BCUT2D eigenvalue weighted by Crippen LogP contribution is -2.26. The van der Waals surface area contributed by atoms with Crippen LogP contribution in [0.4, 0.5) is 0 Å². The number of aliphatic hydroxyl groups excluding tert-OH is 1. The van der Waals surface area contributed by atoms with Crippen LogP contribution in [0, 0.1) is 11.8 Å². The van der Waals surface area contributed by atoms with Crippen molar-refractivity contribution >= 4 is 5.97 Å². The van der Waals surface area contributed by atoms with E-state index in [1.54, 1.807) is 0 Å². The average Bonchev–Trinajstić information content (AvgIpc) is 3.30. The molecule has 0 saturated carbocycles. The lowest BCUT2D eigenvalue weighted by Gasteiger charge is -2.25. The van der Waals surface area contributed by atoms with Gasteiger partial charge in [-0.3, -0.25) is 4.79 Å². The number of carbonyl (C=O) groups is 1. The van der Waals surface area contributed by atoms with E-state index in [2.05, 4.69) is 37.3 Å². The summed E-state index contributed by atoms with van der Waals surface area (Å²) in [6.07, 6.45) is 13.4. The Hall–Kier alpha value is -1.91. The Kier molecular flexibility index (Phi) is 7.46. The maximum absolute atomic E-state index is 10.6. The van der Waals surface area contributed by atoms with Crippen molar-refractivity contribution in [3.63, 3.8) is 0 Å². The molecule has 1 aromatic carbocycles. The molecule has 1 aromatic rings. The number of fused-ring (bicyclic) bond motifs is 2. The van der Waals surface area contributed by atoms with E-state index in [9.17, 15) is 9.90 Å². The van der Waals surface area contributed by atoms with Crippen LogP contribution < -0.4 is 0 Å². The van der Waals surface area contributed by atoms with E-state index in [-0.39, 0.29) is 18.4 Å². The summed E-state index contributed by atoms with van der Waals surface area (Å²) in [5.41, 5.74) is 1.14. The van der Waals surface area contributed by atoms with Crippen molar-refractivity contribution in [1.29, 1.82) is 0 Å². The first-order valence-corrected chi connectivity index (χ1v) is 10.5. The smallest absolute Gasteiger partial charge is 0.303 e. The minimum absolute atomic E-state index is 0.0598. The molecule has 4 heteroatoms. The lowest BCUT2D eigenvalue weighted by atomic mass is 9.77. The molecule has 4 nitrogen and oxygen atoms in total. The number of ether oxygens (including phenoxy) is 1. The Morgan fingerprint density at radius 1 is 1.21 bits per heavy atom. The molecule has 2 bridgehead atoms. The summed E-state index contributed by atoms with van der Waals surface area (Å²) in [5.74, 6) is 0.123. The first-order valence-electron chi connectivity index (χ1n) is 10.5. The molecule has 2 aliphatic heterocycles. The number of hydrogen-bond donors (Lipinski definition) is 2. The Morgan fingerprint density at radius 2 is 1.96 bits per heavy atom. The zero-order valence-corrected chi connectivity index (χ0v) is 16.6. The predicted molar refractivity (Wildman–Crippen MR) is 110 cm³/mol. The van der Waals surface area contributed by atoms with Crippen LogP contribution in [0.1, 0.15) is 56.9 Å². The summed E-state index contributed by atoms with van der Waals surface area (Å²) in [6.45, 7) is 2.05. The summed E-state index contributed by atoms with van der Waals surface area (Å²) < 4.78 is 6.14. The number of rotatable bonds is 10. The van der Waals surface area contributed by atoms with Crippen LogP contribution in [0.15, 0.2) is 54.6 Å². The number of allylic oxidation sites excluding steroid dienone is 2. The minimum Gasteiger partial charge on any atom is -0.481 e. The highest BCUT2D eigenvalue weighted by atomic mass is 16.5. The summed E-state index contributed by atoms with van der Waals surface area (Å²) in [7, 11) is 0. The third-order valence-electron chi connectivity index (χ3n) is 6.19. The van der Waals surface area contributed by atoms with Gasteiger partial charge in [0.15, 0.2) is 0 Å². The van der Waals surface area contributed by atoms with Gasteiger partial charge in [0, 0.05) is 18.3 Å². The van der Waals surface area contributed by atoms with Gasteiger partial charge >= 0.3 is 5.97 Å². The molecular weight excluding hydrogens is 352 g/mol. The fourth-order valence-corrected chi connectivity index (χ4v) is 4.49. The zero-order chi connectivity index (χ0) is 19.9. The molecule has 2 unspecified atom stereocenters. The molecule has 0 aliphatic carbocycles. The quantitative estimate of drug-likeness (QED) is 0.453. The third-order valence-corrected chi connectivity index (χ3v) is 6.19. The summed E-state index contributed by atoms with van der Waals surface area (Å²) in [5, 5.41) is 19.3. The SMILES string of the molecule is CC(c1ccccc1)C(O)C=C[C@@H]1[C@@H](CC=CCCCC(=O)O)[C@@H]2CC[C@H]1O2. The molecule has 6 atom stereocenters. The number of hydrogen-bond acceptors (Lipinski definition) is 3. The van der Waals surface area contributed by atoms with Crippen LogP contribution in [0.25, 0.3) is 0 Å². The molecule has 0 amide bonds. The van der Waals surface area contributed by atoms with Gasteiger partial charge in [-0.15, -0.1) is 0 Å². The molecule has 2 N–H and O–H groups in total. The number of carboxylic acids is 1. The normalized spacial score (nSPS) is 28.9. The largest absolute Gasteiger partial charge is 0.481 e. The molecule has 0 spiro atoms. The van der Waals surface area contributed by atoms with E-state index in [1.165, 1.54) is 0 Å². The number of unbranched alkanes of at least 4 members (excludes halogenated alkanes) is 1. The molecule has 2 saturated heterocycles. The highest BCUT2D eigenvalue weighted by Crippen LogP contribution is 2.46. The molecule has 2 heterocycles. The number of benzene rings is 1. The van der Waals surface area contributed by atoms with E-state index < -0.39 is 12.1 Å². The van der Waals surface area contributed by atoms with Crippen molar-refractivity contribution in [2.45, 2.75) is 69.7 Å². The fraction of sp³-hybridized carbons (Fsp3) is 0.542. The maximum atomic E-state index is 10.6. The van der Waals surface area contributed by atoms with Crippen molar-refractivity contribution in [2.75, 3.05) is 0 Å². The van der Waals surface area contributed by atoms with Crippen molar-refractivity contribution in [3.8, 4) is 0 Å². The van der Waals surface area contributed by atoms with Crippen LogP contribution >= 0.6 is 0 Å². The van der Waals surface area contributed by atoms with Crippen molar-refractivity contribution in [1.82, 2.24) is 0 Å². The monoisotopic (exact) mass is 384 g/mol. The lowest BCUT2D eigenvalue weighted by molar-refractivity contribution is -0.137. The summed E-state index contributed by atoms with van der Waals surface area (Å²) in [6, 6.07) is 10.1. The van der Waals surface area contributed by atoms with Crippen LogP contribution in [0.5, 0.6) is 0 Å². The van der Waals surface area contributed by atoms with Gasteiger partial charge in [0.25, 0.3) is 0 Å². The Bertz CT molecular complexity index is 681. The van der Waals surface area contributed by atoms with Crippen LogP contribution in [-0.4, -0.2) is 34.5 Å². The Morgan fingerprint density at radius 3 is 2.71 bits per heavy atom. The molecule has 2 fully saturated rings. The van der Waals surface area contributed by atoms with Gasteiger partial charge in [0.2, 0.25) is 0 Å². The molecule has 0 aromatic heterocycles. The van der Waals surface area contributed by atoms with E-state index in [1.807, 2.05) is 24.3 Å². The highest BCUT2D eigenvalue weighted by Gasteiger charge is 2.46. The van der Waals surface area contributed by atoms with Crippen molar-refractivity contribution in [2.24, 2.45) is 11.8 Å². The summed E-state index contributed by atoms with van der Waals surface area (Å²) >= 11 is 0. The van der Waals surface area contributed by atoms with Gasteiger partial charge in [0.05, 0.1) is 18.3 Å². The second-order valence-electron chi connectivity index (χ2n) is 8.10. The second kappa shape index (κ2) is 10.0. The van der Waals surface area contributed by atoms with Crippen LogP contribution in [0.3, 0.4) is 0 Å². The van der Waals surface area contributed by atoms with Crippen LogP contribution in [0.2, 0.25) is 0 Å². The Balaban J connectivity index is 1.54. The van der Waals surface area contributed by atoms with Gasteiger partial charge in [-0.05, 0) is 43.6 Å². The topological polar surface area (TPSA) is 66.8 Å². The van der Waals surface area contributed by atoms with Crippen molar-refractivity contribution in [3.05, 3.63) is 60.2 Å². The van der Waals surface area contributed by atoms with Gasteiger partial charge in [-0.1, -0.05) is 61.6 Å². The fourth-order valence-electron chi connectivity index (χ4n) is 4.49. The summed E-state index contributed by atoms with van der Waals surface area (Å²) in [4.78, 5) is 10.6. The van der Waals surface area contributed by atoms with E-state index in [0.717, 1.165) is 31.2 Å². The molecule has 2 aliphatic rings. The average molecular weight is 385 g/mol. The van der Waals surface area contributed by atoms with Crippen molar-refractivity contribution < 1.29 is 19.7 Å². The molecule has 152 valence electrons. The molecule has 28 heavy (non-hydrogen) atoms. The van der Waals surface area contributed by atoms with Gasteiger partial charge in [-0.25, -0.2) is 0 Å². The van der Waals surface area contributed by atoms with Crippen LogP contribution in [-0.2, 0) is 9.53 Å².